The van der Waals surface area contributed by atoms with Crippen LogP contribution in [0.25, 0.3) is 0 Å². The van der Waals surface area contributed by atoms with Crippen molar-refractivity contribution in [2.45, 2.75) is 48.0 Å². The van der Waals surface area contributed by atoms with Crippen LogP contribution in [0.5, 0.6) is 0 Å². The summed E-state index contributed by atoms with van der Waals surface area (Å²) in [6.45, 7) is 14.4. The van der Waals surface area contributed by atoms with Crippen molar-refractivity contribution in [3.8, 4) is 6.07 Å². The molecule has 2 nitrogen and oxygen atoms in total. The summed E-state index contributed by atoms with van der Waals surface area (Å²) in [5, 5.41) is 8.74. The minimum Gasteiger partial charge on any atom is -0.232 e. The molecule has 0 unspecified atom stereocenters. The first-order valence-electron chi connectivity index (χ1n) is 9.86. The lowest BCUT2D eigenvalue weighted by molar-refractivity contribution is -0.494. The molecule has 148 valence electrons. The highest BCUT2D eigenvalue weighted by Gasteiger charge is 2.27. The first kappa shape index (κ1) is 22.2. The van der Waals surface area contributed by atoms with E-state index in [1.807, 2.05) is 18.8 Å². The first-order valence-corrected chi connectivity index (χ1v) is 10.7. The Morgan fingerprint density at radius 2 is 1.39 bits per heavy atom. The van der Waals surface area contributed by atoms with Crippen molar-refractivity contribution in [2.75, 3.05) is 13.6 Å². The van der Waals surface area contributed by atoms with E-state index in [0.29, 0.717) is 6.42 Å². The molecule has 1 aliphatic heterocycles. The average molecular weight is 394 g/mol. The summed E-state index contributed by atoms with van der Waals surface area (Å²) in [4.78, 5) is 2.82. The van der Waals surface area contributed by atoms with E-state index in [9.17, 15) is 0 Å². The van der Waals surface area contributed by atoms with Crippen LogP contribution < -0.4 is 0 Å². The van der Waals surface area contributed by atoms with Gasteiger partial charge in [-0.05, 0) is 56.1 Å². The molecule has 0 aromatic rings. The van der Waals surface area contributed by atoms with Gasteiger partial charge in [0.1, 0.15) is 7.05 Å². The number of thioether (sulfide) groups is 1. The molecule has 0 atom stereocenters. The Hall–Kier alpha value is -2.05. The van der Waals surface area contributed by atoms with E-state index in [2.05, 4.69) is 101 Å². The molecule has 0 saturated carbocycles. The summed E-state index contributed by atoms with van der Waals surface area (Å²) in [5.41, 5.74) is 3.86. The second kappa shape index (κ2) is 8.97. The molecule has 0 fully saturated rings. The minimum absolute atomic E-state index is 0.143. The fourth-order valence-electron chi connectivity index (χ4n) is 2.74. The Morgan fingerprint density at radius 1 is 0.893 bits per heavy atom. The summed E-state index contributed by atoms with van der Waals surface area (Å²) in [6, 6.07) is 2.20. The number of nitrogens with zero attached hydrogens (tertiary/aromatic N) is 2. The van der Waals surface area contributed by atoms with Crippen LogP contribution in [0.4, 0.5) is 0 Å². The normalized spacial score (nSPS) is 17.1. The zero-order chi connectivity index (χ0) is 20.9. The van der Waals surface area contributed by atoms with Crippen LogP contribution in [0, 0.1) is 22.2 Å². The highest BCUT2D eigenvalue weighted by atomic mass is 32.2. The van der Waals surface area contributed by atoms with Crippen LogP contribution in [-0.2, 0) is 0 Å². The molecule has 28 heavy (non-hydrogen) atoms. The van der Waals surface area contributed by atoms with Gasteiger partial charge in [0, 0.05) is 12.2 Å². The highest BCUT2D eigenvalue weighted by molar-refractivity contribution is 8.06. The number of allylic oxidation sites excluding steroid dienone is 12. The van der Waals surface area contributed by atoms with Gasteiger partial charge in [0.2, 0.25) is 0 Å². The zero-order valence-corrected chi connectivity index (χ0v) is 19.2. The van der Waals surface area contributed by atoms with E-state index >= 15 is 0 Å². The molecular formula is C25H33N2S+. The second-order valence-corrected chi connectivity index (χ2v) is 10.5. The first-order chi connectivity index (χ1) is 13.0. The number of nitriles is 1. The predicted molar refractivity (Wildman–Crippen MR) is 123 cm³/mol. The third kappa shape index (κ3) is 6.24. The van der Waals surface area contributed by atoms with Crippen molar-refractivity contribution in [1.82, 2.24) is 0 Å². The third-order valence-electron chi connectivity index (χ3n) is 4.65. The largest absolute Gasteiger partial charge is 0.232 e. The summed E-state index contributed by atoms with van der Waals surface area (Å²) >= 11 is 1.92. The Labute approximate surface area is 175 Å². The average Bonchev–Trinajstić information content (AvgIpc) is 2.63. The summed E-state index contributed by atoms with van der Waals surface area (Å²) in [5.74, 6) is 0. The molecule has 0 aromatic carbocycles. The molecule has 0 amide bonds. The Morgan fingerprint density at radius 3 is 1.86 bits per heavy atom. The molecule has 2 aliphatic rings. The standard InChI is InChI=1S/C25H33N2S/c1-24(2,3)22-17-20(18-23(28-22)25(4,5)6)10-9-19-11-13-21(14-12-19)27(7)16-8-15-26/h9-14,17-18H,8,16H2,1-7H3/q+1. The van der Waals surface area contributed by atoms with Crippen LogP contribution in [0.1, 0.15) is 48.0 Å². The van der Waals surface area contributed by atoms with E-state index in [4.69, 9.17) is 5.26 Å². The minimum atomic E-state index is 0.143. The van der Waals surface area contributed by atoms with E-state index < -0.39 is 0 Å². The molecular weight excluding hydrogens is 360 g/mol. The van der Waals surface area contributed by atoms with Crippen LogP contribution in [0.3, 0.4) is 0 Å². The molecule has 0 spiro atoms. The van der Waals surface area contributed by atoms with E-state index in [1.54, 1.807) is 0 Å². The SMILES string of the molecule is C[N+](CCC#N)=C1C=CC(=CC=C2C=C(C(C)(C)C)SC(C(C)(C)C)=C2)C=C1. The Balaban J connectivity index is 2.28. The number of rotatable bonds is 3. The van der Waals surface area contributed by atoms with Gasteiger partial charge in [-0.15, -0.1) is 0 Å². The van der Waals surface area contributed by atoms with Crippen LogP contribution in [-0.4, -0.2) is 23.9 Å². The van der Waals surface area contributed by atoms with E-state index in [0.717, 1.165) is 12.3 Å². The Bertz CT molecular complexity index is 817. The van der Waals surface area contributed by atoms with Gasteiger partial charge in [-0.2, -0.15) is 5.26 Å². The molecule has 0 saturated heterocycles. The molecule has 0 radical (unpaired) electrons. The molecule has 0 N–H and O–H groups in total. The van der Waals surface area contributed by atoms with Crippen LogP contribution in [0.15, 0.2) is 69.6 Å². The van der Waals surface area contributed by atoms with Crippen molar-refractivity contribution in [3.63, 3.8) is 0 Å². The quantitative estimate of drug-likeness (QED) is 0.507. The van der Waals surface area contributed by atoms with Crippen molar-refractivity contribution in [2.24, 2.45) is 10.8 Å². The number of hydrogen-bond donors (Lipinski definition) is 0. The lowest BCUT2D eigenvalue weighted by Gasteiger charge is -2.31. The summed E-state index contributed by atoms with van der Waals surface area (Å²) in [6.07, 6.45) is 18.1. The monoisotopic (exact) mass is 393 g/mol. The summed E-state index contributed by atoms with van der Waals surface area (Å²) in [7, 11) is 2.02. The smallest absolute Gasteiger partial charge is 0.199 e. The van der Waals surface area contributed by atoms with Gasteiger partial charge >= 0.3 is 0 Å². The van der Waals surface area contributed by atoms with Gasteiger partial charge in [-0.1, -0.05) is 65.5 Å². The predicted octanol–water partition coefficient (Wildman–Crippen LogP) is 6.57. The molecule has 2 rings (SSSR count). The third-order valence-corrected chi connectivity index (χ3v) is 6.56. The Kier molecular flexibility index (Phi) is 7.12. The second-order valence-electron chi connectivity index (χ2n) is 9.37. The topological polar surface area (TPSA) is 26.8 Å². The van der Waals surface area contributed by atoms with Crippen molar-refractivity contribution in [1.29, 1.82) is 5.26 Å². The lowest BCUT2D eigenvalue weighted by atomic mass is 9.91. The van der Waals surface area contributed by atoms with Gasteiger partial charge in [-0.3, -0.25) is 0 Å². The zero-order valence-electron chi connectivity index (χ0n) is 18.3. The molecule has 0 aromatic heterocycles. The van der Waals surface area contributed by atoms with E-state index in [-0.39, 0.29) is 10.8 Å². The molecule has 1 aliphatic carbocycles. The highest BCUT2D eigenvalue weighted by Crippen LogP contribution is 2.48. The maximum absolute atomic E-state index is 8.74. The fourth-order valence-corrected chi connectivity index (χ4v) is 3.98. The molecule has 0 bridgehead atoms. The lowest BCUT2D eigenvalue weighted by Crippen LogP contribution is -2.16. The van der Waals surface area contributed by atoms with Crippen molar-refractivity contribution >= 4 is 17.5 Å². The van der Waals surface area contributed by atoms with Gasteiger partial charge in [-0.25, -0.2) is 4.58 Å². The fraction of sp³-hybridized carbons (Fsp3) is 0.440. The number of hydrogen-bond acceptors (Lipinski definition) is 2. The maximum Gasteiger partial charge on any atom is 0.199 e. The van der Waals surface area contributed by atoms with Gasteiger partial charge < -0.3 is 0 Å². The van der Waals surface area contributed by atoms with Gasteiger partial charge in [0.05, 0.1) is 12.5 Å². The maximum atomic E-state index is 8.74. The van der Waals surface area contributed by atoms with Gasteiger partial charge in [0.15, 0.2) is 12.3 Å². The molecule has 3 heteroatoms. The molecule has 1 heterocycles. The van der Waals surface area contributed by atoms with E-state index in [1.165, 1.54) is 21.0 Å². The summed E-state index contributed by atoms with van der Waals surface area (Å²) < 4.78 is 2.11. The van der Waals surface area contributed by atoms with Gasteiger partial charge in [0.25, 0.3) is 0 Å². The van der Waals surface area contributed by atoms with Crippen molar-refractivity contribution in [3.05, 3.63) is 69.6 Å². The van der Waals surface area contributed by atoms with Crippen molar-refractivity contribution < 1.29 is 4.58 Å². The van der Waals surface area contributed by atoms with Crippen LogP contribution in [0.2, 0.25) is 0 Å². The van der Waals surface area contributed by atoms with Crippen LogP contribution >= 0.6 is 11.8 Å².